The summed E-state index contributed by atoms with van der Waals surface area (Å²) < 4.78 is 1.81. The first-order valence-corrected chi connectivity index (χ1v) is 5.60. The van der Waals surface area contributed by atoms with Crippen LogP contribution in [0.15, 0.2) is 36.9 Å². The van der Waals surface area contributed by atoms with E-state index in [0.717, 1.165) is 18.3 Å². The maximum Gasteiger partial charge on any atom is 0.138 e. The van der Waals surface area contributed by atoms with Crippen LogP contribution in [0.1, 0.15) is 18.4 Å². The summed E-state index contributed by atoms with van der Waals surface area (Å²) in [6.07, 6.45) is 5.91. The zero-order valence-corrected chi connectivity index (χ0v) is 9.00. The van der Waals surface area contributed by atoms with Gasteiger partial charge in [0.1, 0.15) is 12.7 Å². The highest BCUT2D eigenvalue weighted by molar-refractivity contribution is 5.39. The van der Waals surface area contributed by atoms with Crippen LogP contribution in [0.5, 0.6) is 0 Å². The highest BCUT2D eigenvalue weighted by atomic mass is 15.3. The van der Waals surface area contributed by atoms with Gasteiger partial charge in [0, 0.05) is 12.6 Å². The highest BCUT2D eigenvalue weighted by Crippen LogP contribution is 2.20. The molecule has 0 radical (unpaired) electrons. The first kappa shape index (κ1) is 9.54. The third-order valence-corrected chi connectivity index (χ3v) is 2.82. The van der Waals surface area contributed by atoms with Crippen LogP contribution in [-0.4, -0.2) is 20.8 Å². The third-order valence-electron chi connectivity index (χ3n) is 2.82. The van der Waals surface area contributed by atoms with Crippen molar-refractivity contribution in [2.45, 2.75) is 25.4 Å². The molecule has 0 saturated heterocycles. The van der Waals surface area contributed by atoms with Crippen LogP contribution in [0, 0.1) is 0 Å². The zero-order valence-electron chi connectivity index (χ0n) is 9.00. The Morgan fingerprint density at radius 2 is 2.19 bits per heavy atom. The van der Waals surface area contributed by atoms with Crippen molar-refractivity contribution in [3.63, 3.8) is 0 Å². The second kappa shape index (κ2) is 4.06. The summed E-state index contributed by atoms with van der Waals surface area (Å²) in [4.78, 5) is 3.98. The van der Waals surface area contributed by atoms with Crippen molar-refractivity contribution in [2.24, 2.45) is 0 Å². The molecule has 1 aliphatic rings. The predicted octanol–water partition coefficient (Wildman–Crippen LogP) is 1.52. The first-order chi connectivity index (χ1) is 7.93. The molecule has 1 fully saturated rings. The minimum atomic E-state index is 0.726. The van der Waals surface area contributed by atoms with Crippen molar-refractivity contribution in [3.8, 4) is 5.69 Å². The molecular weight excluding hydrogens is 200 g/mol. The molecule has 1 saturated carbocycles. The molecule has 4 heteroatoms. The Hall–Kier alpha value is -1.68. The van der Waals surface area contributed by atoms with Gasteiger partial charge in [0.25, 0.3) is 0 Å². The van der Waals surface area contributed by atoms with Crippen LogP contribution >= 0.6 is 0 Å². The van der Waals surface area contributed by atoms with E-state index in [0.29, 0.717) is 0 Å². The summed E-state index contributed by atoms with van der Waals surface area (Å²) in [6.45, 7) is 0.903. The number of para-hydroxylation sites is 1. The average Bonchev–Trinajstić information content (AvgIpc) is 3.00. The molecular formula is C12H14N4. The van der Waals surface area contributed by atoms with Gasteiger partial charge in [0.05, 0.1) is 5.69 Å². The largest absolute Gasteiger partial charge is 0.310 e. The predicted molar refractivity (Wildman–Crippen MR) is 61.2 cm³/mol. The summed E-state index contributed by atoms with van der Waals surface area (Å²) in [5.41, 5.74) is 2.37. The van der Waals surface area contributed by atoms with Crippen LogP contribution in [0.25, 0.3) is 5.69 Å². The van der Waals surface area contributed by atoms with Crippen molar-refractivity contribution in [1.29, 1.82) is 0 Å². The van der Waals surface area contributed by atoms with E-state index in [4.69, 9.17) is 0 Å². The van der Waals surface area contributed by atoms with Crippen LogP contribution < -0.4 is 5.32 Å². The van der Waals surface area contributed by atoms with Crippen molar-refractivity contribution in [2.75, 3.05) is 0 Å². The van der Waals surface area contributed by atoms with Gasteiger partial charge in [-0.15, -0.1) is 0 Å². The van der Waals surface area contributed by atoms with Gasteiger partial charge >= 0.3 is 0 Å². The molecule has 2 aromatic rings. The minimum absolute atomic E-state index is 0.726. The Morgan fingerprint density at radius 1 is 1.31 bits per heavy atom. The summed E-state index contributed by atoms with van der Waals surface area (Å²) in [5, 5.41) is 7.68. The van der Waals surface area contributed by atoms with E-state index in [-0.39, 0.29) is 0 Å². The molecule has 1 N–H and O–H groups in total. The fraction of sp³-hybridized carbons (Fsp3) is 0.333. The fourth-order valence-electron chi connectivity index (χ4n) is 1.76. The second-order valence-corrected chi connectivity index (χ2v) is 4.12. The van der Waals surface area contributed by atoms with E-state index in [1.54, 1.807) is 12.7 Å². The minimum Gasteiger partial charge on any atom is -0.310 e. The molecule has 3 rings (SSSR count). The van der Waals surface area contributed by atoms with Gasteiger partial charge in [-0.3, -0.25) is 0 Å². The van der Waals surface area contributed by atoms with Gasteiger partial charge in [-0.25, -0.2) is 9.67 Å². The summed E-state index contributed by atoms with van der Waals surface area (Å²) in [5.74, 6) is 0. The molecule has 0 unspecified atom stereocenters. The number of aromatic nitrogens is 3. The topological polar surface area (TPSA) is 42.7 Å². The van der Waals surface area contributed by atoms with Crippen LogP contribution in [0.3, 0.4) is 0 Å². The van der Waals surface area contributed by atoms with Crippen LogP contribution in [0.2, 0.25) is 0 Å². The van der Waals surface area contributed by atoms with Gasteiger partial charge < -0.3 is 5.32 Å². The van der Waals surface area contributed by atoms with E-state index in [9.17, 15) is 0 Å². The smallest absolute Gasteiger partial charge is 0.138 e. The Bertz CT molecular complexity index is 460. The third kappa shape index (κ3) is 1.97. The Balaban J connectivity index is 1.85. The molecule has 1 aromatic carbocycles. The highest BCUT2D eigenvalue weighted by Gasteiger charge is 2.20. The molecule has 0 aliphatic heterocycles. The van der Waals surface area contributed by atoms with Crippen molar-refractivity contribution in [3.05, 3.63) is 42.5 Å². The monoisotopic (exact) mass is 214 g/mol. The van der Waals surface area contributed by atoms with Gasteiger partial charge in [0.15, 0.2) is 0 Å². The molecule has 1 aliphatic carbocycles. The summed E-state index contributed by atoms with van der Waals surface area (Å²) >= 11 is 0. The maximum atomic E-state index is 4.17. The van der Waals surface area contributed by atoms with Crippen LogP contribution in [0.4, 0.5) is 0 Å². The number of rotatable bonds is 4. The van der Waals surface area contributed by atoms with Crippen LogP contribution in [-0.2, 0) is 6.54 Å². The molecule has 82 valence electrons. The number of nitrogens with one attached hydrogen (secondary N) is 1. The maximum absolute atomic E-state index is 4.17. The second-order valence-electron chi connectivity index (χ2n) is 4.12. The molecule has 0 amide bonds. The van der Waals surface area contributed by atoms with Gasteiger partial charge in [-0.05, 0) is 24.5 Å². The van der Waals surface area contributed by atoms with Gasteiger partial charge in [0.2, 0.25) is 0 Å². The molecule has 0 spiro atoms. The van der Waals surface area contributed by atoms with E-state index in [1.165, 1.54) is 18.4 Å². The summed E-state index contributed by atoms with van der Waals surface area (Å²) in [7, 11) is 0. The lowest BCUT2D eigenvalue weighted by Gasteiger charge is -2.09. The first-order valence-electron chi connectivity index (χ1n) is 5.60. The Morgan fingerprint density at radius 3 is 2.94 bits per heavy atom. The lowest BCUT2D eigenvalue weighted by atomic mass is 10.2. The van der Waals surface area contributed by atoms with E-state index < -0.39 is 0 Å². The number of hydrogen-bond acceptors (Lipinski definition) is 3. The zero-order chi connectivity index (χ0) is 10.8. The quantitative estimate of drug-likeness (QED) is 0.839. The standard InChI is InChI=1S/C12H14N4/c1-2-4-12(16-9-13-8-15-16)10(3-1)7-14-11-5-6-11/h1-4,8-9,11,14H,5-7H2. The Kier molecular flexibility index (Phi) is 2.42. The summed E-state index contributed by atoms with van der Waals surface area (Å²) in [6, 6.07) is 9.01. The number of nitrogens with zero attached hydrogens (tertiary/aromatic N) is 3. The SMILES string of the molecule is c1ccc(-n2cncn2)c(CNC2CC2)c1. The molecule has 16 heavy (non-hydrogen) atoms. The molecule has 1 heterocycles. The van der Waals surface area contributed by atoms with E-state index in [2.05, 4.69) is 33.6 Å². The molecule has 4 nitrogen and oxygen atoms in total. The molecule has 0 bridgehead atoms. The Labute approximate surface area is 94.3 Å². The van der Waals surface area contributed by atoms with E-state index >= 15 is 0 Å². The van der Waals surface area contributed by atoms with Gasteiger partial charge in [-0.1, -0.05) is 18.2 Å². The number of benzene rings is 1. The number of hydrogen-bond donors (Lipinski definition) is 1. The fourth-order valence-corrected chi connectivity index (χ4v) is 1.76. The lowest BCUT2D eigenvalue weighted by Crippen LogP contribution is -2.16. The lowest BCUT2D eigenvalue weighted by molar-refractivity contribution is 0.681. The molecule has 0 atom stereocenters. The normalized spacial score (nSPS) is 15.2. The van der Waals surface area contributed by atoms with Crippen molar-refractivity contribution in [1.82, 2.24) is 20.1 Å². The molecule has 1 aromatic heterocycles. The van der Waals surface area contributed by atoms with Crippen molar-refractivity contribution < 1.29 is 0 Å². The van der Waals surface area contributed by atoms with Crippen molar-refractivity contribution >= 4 is 0 Å². The van der Waals surface area contributed by atoms with Gasteiger partial charge in [-0.2, -0.15) is 5.10 Å². The van der Waals surface area contributed by atoms with E-state index in [1.807, 2.05) is 10.7 Å². The average molecular weight is 214 g/mol.